The number of nitrogens with one attached hydrogen (secondary N) is 3. The second kappa shape index (κ2) is 10.3. The lowest BCUT2D eigenvalue weighted by molar-refractivity contribution is 0.0657. The molecule has 36 heavy (non-hydrogen) atoms. The highest BCUT2D eigenvalue weighted by molar-refractivity contribution is 7.13. The number of ether oxygens (including phenoxy) is 1. The number of pyridine rings is 1. The molecule has 0 saturated carbocycles. The molecular weight excluding hydrogens is 491 g/mol. The Hall–Kier alpha value is -4.71. The first-order valence-corrected chi connectivity index (χ1v) is 11.3. The van der Waals surface area contributed by atoms with E-state index in [-0.39, 0.29) is 17.1 Å². The van der Waals surface area contributed by atoms with Gasteiger partial charge in [0.2, 0.25) is 0 Å². The van der Waals surface area contributed by atoms with Crippen molar-refractivity contribution in [3.63, 3.8) is 0 Å². The molecule has 0 spiro atoms. The Morgan fingerprint density at radius 2 is 1.78 bits per heavy atom. The van der Waals surface area contributed by atoms with Crippen LogP contribution in [0.2, 0.25) is 0 Å². The van der Waals surface area contributed by atoms with Gasteiger partial charge in [0.15, 0.2) is 5.82 Å². The Kier molecular flexibility index (Phi) is 6.97. The summed E-state index contributed by atoms with van der Waals surface area (Å²) in [4.78, 5) is 39.2. The van der Waals surface area contributed by atoms with E-state index in [9.17, 15) is 23.9 Å². The van der Waals surface area contributed by atoms with Gasteiger partial charge in [0.05, 0.1) is 29.7 Å². The summed E-state index contributed by atoms with van der Waals surface area (Å²) in [6, 6.07) is 11.0. The summed E-state index contributed by atoms with van der Waals surface area (Å²) >= 11 is 0.648. The highest BCUT2D eigenvalue weighted by Gasteiger charge is 2.24. The molecule has 0 unspecified atom stereocenters. The standard InChI is InChI=1S/C24H19FN4O6S/c1-35-18-8-14(25)15(28-24(34)29-17-11-36-21(23(32)33)19(17)22(30)31)9-16(18)27-10-13-5-2-4-12-6-3-7-26-20(12)13/h2-9,11,27H,10H2,1H3,(H,30,31)(H,32,33)(H2,28,29,34). The number of aromatic carboxylic acids is 2. The number of benzene rings is 2. The Labute approximate surface area is 207 Å². The summed E-state index contributed by atoms with van der Waals surface area (Å²) < 4.78 is 19.9. The van der Waals surface area contributed by atoms with Gasteiger partial charge in [0, 0.05) is 29.6 Å². The van der Waals surface area contributed by atoms with Crippen molar-refractivity contribution < 1.29 is 33.7 Å². The van der Waals surface area contributed by atoms with Crippen molar-refractivity contribution >= 4 is 57.3 Å². The fraction of sp³-hybridized carbons (Fsp3) is 0.0833. The fourth-order valence-electron chi connectivity index (χ4n) is 3.55. The summed E-state index contributed by atoms with van der Waals surface area (Å²) in [5.41, 5.74) is 1.08. The third-order valence-corrected chi connectivity index (χ3v) is 6.14. The van der Waals surface area contributed by atoms with Crippen molar-refractivity contribution in [3.8, 4) is 5.75 Å². The lowest BCUT2D eigenvalue weighted by Crippen LogP contribution is -2.21. The fourth-order valence-corrected chi connectivity index (χ4v) is 4.38. The zero-order valence-electron chi connectivity index (χ0n) is 18.7. The number of urea groups is 1. The van der Waals surface area contributed by atoms with E-state index in [2.05, 4.69) is 20.9 Å². The van der Waals surface area contributed by atoms with Crippen molar-refractivity contribution in [3.05, 3.63) is 75.9 Å². The molecule has 0 fully saturated rings. The molecule has 0 aliphatic carbocycles. The van der Waals surface area contributed by atoms with Crippen LogP contribution < -0.4 is 20.7 Å². The van der Waals surface area contributed by atoms with Gasteiger partial charge in [0.25, 0.3) is 0 Å². The third kappa shape index (κ3) is 5.03. The summed E-state index contributed by atoms with van der Waals surface area (Å²) in [7, 11) is 1.38. The molecule has 12 heteroatoms. The van der Waals surface area contributed by atoms with Crippen LogP contribution in [0.1, 0.15) is 25.6 Å². The number of para-hydroxylation sites is 1. The zero-order valence-corrected chi connectivity index (χ0v) is 19.5. The zero-order chi connectivity index (χ0) is 25.8. The molecule has 0 atom stereocenters. The maximum atomic E-state index is 14.7. The lowest BCUT2D eigenvalue weighted by Gasteiger charge is -2.15. The number of nitrogens with zero attached hydrogens (tertiary/aromatic N) is 1. The molecule has 0 aliphatic heterocycles. The number of carboxylic acid groups (broad SMARTS) is 2. The first kappa shape index (κ1) is 24.4. The molecule has 2 aromatic carbocycles. The second-order valence-corrected chi connectivity index (χ2v) is 8.30. The van der Waals surface area contributed by atoms with Crippen LogP contribution in [0.15, 0.2) is 54.0 Å². The molecule has 0 radical (unpaired) electrons. The topological polar surface area (TPSA) is 150 Å². The van der Waals surface area contributed by atoms with E-state index in [0.717, 1.165) is 22.5 Å². The summed E-state index contributed by atoms with van der Waals surface area (Å²) in [6.45, 7) is 0.330. The van der Waals surface area contributed by atoms with Crippen LogP contribution in [0.4, 0.5) is 26.2 Å². The minimum atomic E-state index is -1.52. The summed E-state index contributed by atoms with van der Waals surface area (Å²) in [5, 5.41) is 28.4. The number of anilines is 3. The highest BCUT2D eigenvalue weighted by Crippen LogP contribution is 2.32. The van der Waals surface area contributed by atoms with Gasteiger partial charge in [-0.25, -0.2) is 18.8 Å². The Balaban J connectivity index is 1.55. The molecule has 0 bridgehead atoms. The molecule has 10 nitrogen and oxygen atoms in total. The lowest BCUT2D eigenvalue weighted by atomic mass is 10.1. The minimum absolute atomic E-state index is 0.198. The van der Waals surface area contributed by atoms with E-state index in [1.807, 2.05) is 30.3 Å². The van der Waals surface area contributed by atoms with Crippen LogP contribution in [0, 0.1) is 5.82 Å². The molecule has 4 aromatic rings. The van der Waals surface area contributed by atoms with Crippen LogP contribution >= 0.6 is 11.3 Å². The third-order valence-electron chi connectivity index (χ3n) is 5.17. The molecule has 5 N–H and O–H groups in total. The van der Waals surface area contributed by atoms with Crippen LogP contribution in [-0.2, 0) is 6.54 Å². The summed E-state index contributed by atoms with van der Waals surface area (Å²) in [5.74, 6) is -3.56. The SMILES string of the molecule is COc1cc(F)c(NC(=O)Nc2csc(C(=O)O)c2C(=O)O)cc1NCc1cccc2cccnc12. The molecule has 0 saturated heterocycles. The van der Waals surface area contributed by atoms with Gasteiger partial charge in [-0.05, 0) is 17.7 Å². The maximum absolute atomic E-state index is 14.7. The molecule has 2 aromatic heterocycles. The number of amides is 2. The number of rotatable bonds is 8. The van der Waals surface area contributed by atoms with E-state index in [4.69, 9.17) is 9.84 Å². The monoisotopic (exact) mass is 510 g/mol. The maximum Gasteiger partial charge on any atom is 0.346 e. The second-order valence-electron chi connectivity index (χ2n) is 7.42. The first-order valence-electron chi connectivity index (χ1n) is 10.4. The predicted molar refractivity (Wildman–Crippen MR) is 133 cm³/mol. The average molecular weight is 511 g/mol. The van der Waals surface area contributed by atoms with E-state index >= 15 is 0 Å². The van der Waals surface area contributed by atoms with Crippen molar-refractivity contribution in [1.82, 2.24) is 4.98 Å². The number of methoxy groups -OCH3 is 1. The van der Waals surface area contributed by atoms with E-state index in [1.54, 1.807) is 6.20 Å². The quantitative estimate of drug-likeness (QED) is 0.220. The number of halogens is 1. The van der Waals surface area contributed by atoms with Crippen LogP contribution in [-0.4, -0.2) is 40.3 Å². The van der Waals surface area contributed by atoms with Crippen molar-refractivity contribution in [1.29, 1.82) is 0 Å². The number of carbonyl (C=O) groups is 3. The molecule has 2 heterocycles. The average Bonchev–Trinajstić information content (AvgIpc) is 3.28. The molecule has 0 aliphatic rings. The molecule has 184 valence electrons. The van der Waals surface area contributed by atoms with Gasteiger partial charge in [-0.3, -0.25) is 4.98 Å². The van der Waals surface area contributed by atoms with Gasteiger partial charge >= 0.3 is 18.0 Å². The van der Waals surface area contributed by atoms with Gasteiger partial charge in [-0.15, -0.1) is 11.3 Å². The number of aromatic nitrogens is 1. The Morgan fingerprint density at radius 3 is 2.50 bits per heavy atom. The highest BCUT2D eigenvalue weighted by atomic mass is 32.1. The van der Waals surface area contributed by atoms with Gasteiger partial charge in [0.1, 0.15) is 16.2 Å². The Bertz CT molecular complexity index is 1480. The number of thiophene rings is 1. The van der Waals surface area contributed by atoms with E-state index in [1.165, 1.54) is 18.6 Å². The van der Waals surface area contributed by atoms with E-state index in [0.29, 0.717) is 23.6 Å². The van der Waals surface area contributed by atoms with E-state index < -0.39 is 34.2 Å². The molecule has 4 rings (SSSR count). The van der Waals surface area contributed by atoms with Crippen LogP contribution in [0.25, 0.3) is 10.9 Å². The first-order chi connectivity index (χ1) is 17.3. The van der Waals surface area contributed by atoms with Gasteiger partial charge < -0.3 is 30.9 Å². The molecule has 2 amide bonds. The number of hydrogen-bond acceptors (Lipinski definition) is 7. The van der Waals surface area contributed by atoms with Crippen molar-refractivity contribution in [2.24, 2.45) is 0 Å². The van der Waals surface area contributed by atoms with Crippen molar-refractivity contribution in [2.45, 2.75) is 6.54 Å². The Morgan fingerprint density at radius 1 is 1.03 bits per heavy atom. The largest absolute Gasteiger partial charge is 0.494 e. The summed E-state index contributed by atoms with van der Waals surface area (Å²) in [6.07, 6.45) is 1.69. The number of carboxylic acids is 2. The minimum Gasteiger partial charge on any atom is -0.494 e. The van der Waals surface area contributed by atoms with Gasteiger partial charge in [-0.2, -0.15) is 0 Å². The predicted octanol–water partition coefficient (Wildman–Crippen LogP) is 5.10. The molecular formula is C24H19FN4O6S. The number of carbonyl (C=O) groups excluding carboxylic acids is 1. The normalized spacial score (nSPS) is 10.6. The smallest absolute Gasteiger partial charge is 0.346 e. The van der Waals surface area contributed by atoms with Crippen molar-refractivity contribution in [2.75, 3.05) is 23.1 Å². The number of hydrogen-bond donors (Lipinski definition) is 5. The number of fused-ring (bicyclic) bond motifs is 1. The van der Waals surface area contributed by atoms with Crippen LogP contribution in [0.3, 0.4) is 0 Å². The van der Waals surface area contributed by atoms with Crippen LogP contribution in [0.5, 0.6) is 5.75 Å². The van der Waals surface area contributed by atoms with Gasteiger partial charge in [-0.1, -0.05) is 24.3 Å².